The summed E-state index contributed by atoms with van der Waals surface area (Å²) in [5.41, 5.74) is 3.82. The molecule has 0 bridgehead atoms. The highest BCUT2D eigenvalue weighted by Crippen LogP contribution is 2.13. The van der Waals surface area contributed by atoms with Gasteiger partial charge in [-0.3, -0.25) is 0 Å². The molecule has 0 aliphatic heterocycles. The third kappa shape index (κ3) is 4.03. The van der Waals surface area contributed by atoms with E-state index in [2.05, 4.69) is 4.42 Å². The Morgan fingerprint density at radius 2 is 1.54 bits per heavy atom. The molecule has 0 aliphatic carbocycles. The van der Waals surface area contributed by atoms with Crippen LogP contribution in [0, 0.1) is 26.6 Å². The molecule has 0 N–H and O–H groups in total. The van der Waals surface area contributed by atoms with Gasteiger partial charge in [0.05, 0.1) is 23.3 Å². The van der Waals surface area contributed by atoms with E-state index in [1.165, 1.54) is 30.4 Å². The van der Waals surface area contributed by atoms with Crippen LogP contribution in [0.15, 0.2) is 79.6 Å². The second-order valence-corrected chi connectivity index (χ2v) is 6.31. The van der Waals surface area contributed by atoms with Gasteiger partial charge in [0.15, 0.2) is 0 Å². The van der Waals surface area contributed by atoms with Crippen LogP contribution in [0.3, 0.4) is 0 Å². The summed E-state index contributed by atoms with van der Waals surface area (Å²) in [5.74, 6) is -1.37. The number of benzene rings is 2. The first kappa shape index (κ1) is 19.2. The summed E-state index contributed by atoms with van der Waals surface area (Å²) < 4.78 is 25.4. The number of oxazole rings is 2. The molecule has 2 aromatic carbocycles. The van der Waals surface area contributed by atoms with Crippen molar-refractivity contribution in [3.8, 4) is 11.4 Å². The number of rotatable bonds is 2. The summed E-state index contributed by atoms with van der Waals surface area (Å²) in [6.45, 7) is 5.63. The maximum atomic E-state index is 13.4. The summed E-state index contributed by atoms with van der Waals surface area (Å²) in [6, 6.07) is 12.4. The van der Waals surface area contributed by atoms with Crippen molar-refractivity contribution in [2.75, 3.05) is 0 Å². The molecule has 28 heavy (non-hydrogen) atoms. The van der Waals surface area contributed by atoms with E-state index in [-0.39, 0.29) is 11.4 Å². The molecular weight excluding hydrogens is 363 g/mol. The first-order valence-electron chi connectivity index (χ1n) is 8.53. The van der Waals surface area contributed by atoms with Crippen LogP contribution in [0.5, 0.6) is 0 Å². The average Bonchev–Trinajstić information content (AvgIpc) is 3.22. The van der Waals surface area contributed by atoms with Gasteiger partial charge in [0.1, 0.15) is 18.3 Å². The smallest absolute Gasteiger partial charge is 0.416 e. The van der Waals surface area contributed by atoms with E-state index in [0.717, 1.165) is 21.5 Å². The van der Waals surface area contributed by atoms with Crippen LogP contribution in [0.2, 0.25) is 0 Å². The molecule has 0 spiro atoms. The van der Waals surface area contributed by atoms with Crippen LogP contribution >= 0.6 is 0 Å². The Hall–Kier alpha value is -3.61. The standard InChI is InChI=1S/C11H11NO2.C10H8FNO2/c1-8-3-5-10(6-4-8)12-9(2)7-14-11(12)13;1-7-2-3-9(8(11)6-7)12-4-5-14-10(12)13/h3-7H,1-2H3;2-6H,1H3. The van der Waals surface area contributed by atoms with E-state index in [0.29, 0.717) is 0 Å². The highest BCUT2D eigenvalue weighted by atomic mass is 19.1. The van der Waals surface area contributed by atoms with Gasteiger partial charge in [0.25, 0.3) is 0 Å². The zero-order valence-corrected chi connectivity index (χ0v) is 15.7. The minimum Gasteiger partial charge on any atom is -0.416 e. The van der Waals surface area contributed by atoms with Gasteiger partial charge in [-0.25, -0.2) is 23.1 Å². The maximum absolute atomic E-state index is 13.4. The van der Waals surface area contributed by atoms with Crippen LogP contribution < -0.4 is 11.5 Å². The molecule has 6 nitrogen and oxygen atoms in total. The largest absolute Gasteiger partial charge is 0.423 e. The van der Waals surface area contributed by atoms with Crippen molar-refractivity contribution in [1.29, 1.82) is 0 Å². The summed E-state index contributed by atoms with van der Waals surface area (Å²) in [5, 5.41) is 0. The van der Waals surface area contributed by atoms with E-state index < -0.39 is 11.6 Å². The molecule has 0 atom stereocenters. The van der Waals surface area contributed by atoms with Gasteiger partial charge in [-0.2, -0.15) is 0 Å². The Bertz CT molecular complexity index is 1200. The van der Waals surface area contributed by atoms with Crippen molar-refractivity contribution >= 4 is 0 Å². The second kappa shape index (κ2) is 7.96. The number of hydrogen-bond acceptors (Lipinski definition) is 4. The lowest BCUT2D eigenvalue weighted by atomic mass is 10.2. The summed E-state index contributed by atoms with van der Waals surface area (Å²) in [4.78, 5) is 22.4. The van der Waals surface area contributed by atoms with Gasteiger partial charge in [-0.15, -0.1) is 0 Å². The maximum Gasteiger partial charge on any atom is 0.423 e. The number of aromatic nitrogens is 2. The molecule has 4 aromatic rings. The van der Waals surface area contributed by atoms with Crippen molar-refractivity contribution in [2.24, 2.45) is 0 Å². The molecule has 2 heterocycles. The molecule has 144 valence electrons. The van der Waals surface area contributed by atoms with Crippen LogP contribution in [0.25, 0.3) is 11.4 Å². The summed E-state index contributed by atoms with van der Waals surface area (Å²) in [7, 11) is 0. The quantitative estimate of drug-likeness (QED) is 0.527. The molecule has 0 saturated carbocycles. The van der Waals surface area contributed by atoms with Crippen molar-refractivity contribution < 1.29 is 13.2 Å². The Morgan fingerprint density at radius 3 is 2.07 bits per heavy atom. The van der Waals surface area contributed by atoms with Crippen LogP contribution in [0.1, 0.15) is 16.8 Å². The molecule has 2 aromatic heterocycles. The third-order valence-electron chi connectivity index (χ3n) is 4.10. The van der Waals surface area contributed by atoms with E-state index >= 15 is 0 Å². The molecular formula is C21H19FN2O4. The van der Waals surface area contributed by atoms with Gasteiger partial charge >= 0.3 is 11.5 Å². The van der Waals surface area contributed by atoms with E-state index in [9.17, 15) is 14.0 Å². The van der Waals surface area contributed by atoms with Gasteiger partial charge in [-0.05, 0) is 50.6 Å². The fraction of sp³-hybridized carbons (Fsp3) is 0.143. The molecule has 0 radical (unpaired) electrons. The molecule has 0 amide bonds. The van der Waals surface area contributed by atoms with Gasteiger partial charge in [0.2, 0.25) is 0 Å². The number of hydrogen-bond donors (Lipinski definition) is 0. The Kier molecular flexibility index (Phi) is 5.44. The zero-order chi connectivity index (χ0) is 20.3. The minimum absolute atomic E-state index is 0.203. The lowest BCUT2D eigenvalue weighted by Crippen LogP contribution is -2.13. The van der Waals surface area contributed by atoms with E-state index in [1.807, 2.05) is 38.1 Å². The normalized spacial score (nSPS) is 10.4. The third-order valence-corrected chi connectivity index (χ3v) is 4.10. The summed E-state index contributed by atoms with van der Waals surface area (Å²) >= 11 is 0. The molecule has 0 aliphatic rings. The first-order valence-corrected chi connectivity index (χ1v) is 8.53. The highest BCUT2D eigenvalue weighted by molar-refractivity contribution is 5.36. The van der Waals surface area contributed by atoms with Crippen LogP contribution in [0.4, 0.5) is 4.39 Å². The van der Waals surface area contributed by atoms with Crippen LogP contribution in [-0.2, 0) is 0 Å². The molecule has 4 rings (SSSR count). The molecule has 0 fully saturated rings. The number of aryl methyl sites for hydroxylation is 3. The predicted octanol–water partition coefficient (Wildman–Crippen LogP) is 3.93. The SMILES string of the molecule is Cc1ccc(-n2c(C)coc2=O)cc1.Cc1ccc(-n2ccoc2=O)c(F)c1. The number of halogens is 1. The Balaban J connectivity index is 0.000000161. The van der Waals surface area contributed by atoms with Gasteiger partial charge in [-0.1, -0.05) is 23.8 Å². The molecule has 0 unspecified atom stereocenters. The number of nitrogens with zero attached hydrogens (tertiary/aromatic N) is 2. The monoisotopic (exact) mass is 382 g/mol. The van der Waals surface area contributed by atoms with Crippen molar-refractivity contribution in [3.05, 3.63) is 105 Å². The van der Waals surface area contributed by atoms with Crippen molar-refractivity contribution in [1.82, 2.24) is 9.13 Å². The lowest BCUT2D eigenvalue weighted by Gasteiger charge is -2.02. The van der Waals surface area contributed by atoms with Crippen molar-refractivity contribution in [2.45, 2.75) is 20.8 Å². The van der Waals surface area contributed by atoms with Crippen molar-refractivity contribution in [3.63, 3.8) is 0 Å². The summed E-state index contributed by atoms with van der Waals surface area (Å²) in [6.07, 6.45) is 4.07. The lowest BCUT2D eigenvalue weighted by molar-refractivity contribution is 0.500. The van der Waals surface area contributed by atoms with Gasteiger partial charge < -0.3 is 8.83 Å². The second-order valence-electron chi connectivity index (χ2n) is 6.31. The minimum atomic E-state index is -0.590. The molecule has 7 heteroatoms. The van der Waals surface area contributed by atoms with Gasteiger partial charge in [0, 0.05) is 0 Å². The molecule has 0 saturated heterocycles. The predicted molar refractivity (Wildman–Crippen MR) is 103 cm³/mol. The fourth-order valence-electron chi connectivity index (χ4n) is 2.64. The topological polar surface area (TPSA) is 70.3 Å². The first-order chi connectivity index (χ1) is 13.4. The van der Waals surface area contributed by atoms with Crippen LogP contribution in [-0.4, -0.2) is 9.13 Å². The fourth-order valence-corrected chi connectivity index (χ4v) is 2.64. The van der Waals surface area contributed by atoms with E-state index in [4.69, 9.17) is 4.42 Å². The zero-order valence-electron chi connectivity index (χ0n) is 15.7. The average molecular weight is 382 g/mol. The Labute approximate surface area is 160 Å². The highest BCUT2D eigenvalue weighted by Gasteiger charge is 2.07. The van der Waals surface area contributed by atoms with E-state index in [1.54, 1.807) is 23.6 Å². The Morgan fingerprint density at radius 1 is 0.857 bits per heavy atom.